The third kappa shape index (κ3) is 3.48. The van der Waals surface area contributed by atoms with Gasteiger partial charge in [-0.25, -0.2) is 0 Å². The van der Waals surface area contributed by atoms with Crippen LogP contribution < -0.4 is 15.1 Å². The van der Waals surface area contributed by atoms with Crippen LogP contribution in [0.4, 0.5) is 11.4 Å². The number of anilines is 2. The number of thiophene rings is 1. The number of nitrogens with one attached hydrogen (secondary N) is 2. The number of benzene rings is 1. The zero-order valence-corrected chi connectivity index (χ0v) is 13.7. The molecule has 0 saturated carbocycles. The van der Waals surface area contributed by atoms with E-state index in [4.69, 9.17) is 0 Å². The summed E-state index contributed by atoms with van der Waals surface area (Å²) in [4.78, 5) is 16.9. The Bertz CT molecular complexity index is 601. The highest BCUT2D eigenvalue weighted by Crippen LogP contribution is 2.19. The first-order valence-electron chi connectivity index (χ1n) is 7.79. The van der Waals surface area contributed by atoms with Gasteiger partial charge in [-0.3, -0.25) is 4.79 Å². The fraction of sp³-hybridized carbons (Fsp3) is 0.353. The van der Waals surface area contributed by atoms with Gasteiger partial charge in [0.1, 0.15) is 0 Å². The fourth-order valence-corrected chi connectivity index (χ4v) is 3.41. The Labute approximate surface area is 135 Å². The average molecular weight is 316 g/mol. The molecule has 1 amide bonds. The minimum atomic E-state index is -0.0390. The predicted octanol–water partition coefficient (Wildman–Crippen LogP) is 1.73. The third-order valence-electron chi connectivity index (χ3n) is 4.21. The number of hydrogen-bond acceptors (Lipinski definition) is 3. The number of carbonyl (C=O) groups is 1. The SMILES string of the molecule is CC[NH+]1CCN(c2ccc(NC(=O)c3cccs3)cc2)CC1. The number of quaternary nitrogens is 1. The van der Waals surface area contributed by atoms with Crippen molar-refractivity contribution in [3.05, 3.63) is 46.7 Å². The van der Waals surface area contributed by atoms with Crippen LogP contribution in [0.5, 0.6) is 0 Å². The van der Waals surface area contributed by atoms with Crippen LogP contribution in [0.1, 0.15) is 16.6 Å². The van der Waals surface area contributed by atoms with Crippen LogP contribution >= 0.6 is 11.3 Å². The molecule has 1 aliphatic rings. The zero-order valence-electron chi connectivity index (χ0n) is 12.8. The van der Waals surface area contributed by atoms with Gasteiger partial charge in [0.15, 0.2) is 0 Å². The van der Waals surface area contributed by atoms with Crippen molar-refractivity contribution in [3.8, 4) is 0 Å². The van der Waals surface area contributed by atoms with Gasteiger partial charge in [0.25, 0.3) is 5.91 Å². The van der Waals surface area contributed by atoms with Crippen molar-refractivity contribution in [2.75, 3.05) is 42.9 Å². The smallest absolute Gasteiger partial charge is 0.265 e. The van der Waals surface area contributed by atoms with E-state index in [1.54, 1.807) is 4.90 Å². The number of amides is 1. The highest BCUT2D eigenvalue weighted by Gasteiger charge is 2.18. The van der Waals surface area contributed by atoms with E-state index in [1.807, 2.05) is 29.6 Å². The first-order chi connectivity index (χ1) is 10.8. The Balaban J connectivity index is 1.60. The zero-order chi connectivity index (χ0) is 15.4. The second kappa shape index (κ2) is 6.94. The predicted molar refractivity (Wildman–Crippen MR) is 92.2 cm³/mol. The van der Waals surface area contributed by atoms with Crippen LogP contribution in [0.25, 0.3) is 0 Å². The van der Waals surface area contributed by atoms with Crippen molar-refractivity contribution in [1.82, 2.24) is 0 Å². The van der Waals surface area contributed by atoms with Gasteiger partial charge in [-0.1, -0.05) is 6.07 Å². The molecule has 0 bridgehead atoms. The molecular formula is C17H22N3OS+. The van der Waals surface area contributed by atoms with E-state index < -0.39 is 0 Å². The Hall–Kier alpha value is -1.85. The van der Waals surface area contributed by atoms with Gasteiger partial charge in [-0.05, 0) is 42.6 Å². The Kier molecular flexibility index (Phi) is 4.75. The van der Waals surface area contributed by atoms with Crippen LogP contribution in [0, 0.1) is 0 Å². The van der Waals surface area contributed by atoms with Gasteiger partial charge in [-0.2, -0.15) is 0 Å². The molecular weight excluding hydrogens is 294 g/mol. The molecule has 4 nitrogen and oxygen atoms in total. The molecule has 22 heavy (non-hydrogen) atoms. The minimum Gasteiger partial charge on any atom is -0.360 e. The lowest BCUT2D eigenvalue weighted by atomic mass is 10.2. The molecule has 5 heteroatoms. The summed E-state index contributed by atoms with van der Waals surface area (Å²) in [5.74, 6) is -0.0390. The van der Waals surface area contributed by atoms with Crippen LogP contribution in [-0.2, 0) is 0 Å². The van der Waals surface area contributed by atoms with Gasteiger partial charge < -0.3 is 15.1 Å². The summed E-state index contributed by atoms with van der Waals surface area (Å²) in [5.41, 5.74) is 2.09. The molecule has 2 heterocycles. The third-order valence-corrected chi connectivity index (χ3v) is 5.07. The van der Waals surface area contributed by atoms with Gasteiger partial charge in [-0.15, -0.1) is 11.3 Å². The van der Waals surface area contributed by atoms with E-state index in [9.17, 15) is 4.79 Å². The monoisotopic (exact) mass is 316 g/mol. The van der Waals surface area contributed by atoms with Crippen LogP contribution in [-0.4, -0.2) is 38.6 Å². The molecule has 1 aliphatic heterocycles. The van der Waals surface area contributed by atoms with Gasteiger partial charge in [0, 0.05) is 11.4 Å². The molecule has 2 aromatic rings. The fourth-order valence-electron chi connectivity index (χ4n) is 2.79. The number of rotatable bonds is 4. The quantitative estimate of drug-likeness (QED) is 0.901. The van der Waals surface area contributed by atoms with Crippen LogP contribution in [0.2, 0.25) is 0 Å². The maximum Gasteiger partial charge on any atom is 0.265 e. The maximum absolute atomic E-state index is 12.0. The molecule has 0 unspecified atom stereocenters. The molecule has 3 rings (SSSR count). The summed E-state index contributed by atoms with van der Waals surface area (Å²) in [6.45, 7) is 8.06. The van der Waals surface area contributed by atoms with E-state index in [0.717, 1.165) is 23.7 Å². The van der Waals surface area contributed by atoms with Gasteiger partial charge >= 0.3 is 0 Å². The molecule has 116 valence electrons. The average Bonchev–Trinajstić information content (AvgIpc) is 3.10. The molecule has 1 saturated heterocycles. The number of carbonyl (C=O) groups excluding carboxylic acids is 1. The lowest BCUT2D eigenvalue weighted by molar-refractivity contribution is -0.898. The lowest BCUT2D eigenvalue weighted by Crippen LogP contribution is -3.14. The number of piperazine rings is 1. The van der Waals surface area contributed by atoms with Crippen molar-refractivity contribution in [1.29, 1.82) is 0 Å². The van der Waals surface area contributed by atoms with Crippen LogP contribution in [0.15, 0.2) is 41.8 Å². The van der Waals surface area contributed by atoms with Crippen LogP contribution in [0.3, 0.4) is 0 Å². The van der Waals surface area contributed by atoms with E-state index in [2.05, 4.69) is 29.3 Å². The lowest BCUT2D eigenvalue weighted by Gasteiger charge is -2.33. The van der Waals surface area contributed by atoms with Crippen molar-refractivity contribution >= 4 is 28.6 Å². The Morgan fingerprint density at radius 2 is 1.95 bits per heavy atom. The van der Waals surface area contributed by atoms with Crippen molar-refractivity contribution in [2.45, 2.75) is 6.92 Å². The summed E-state index contributed by atoms with van der Waals surface area (Å²) in [7, 11) is 0. The summed E-state index contributed by atoms with van der Waals surface area (Å²) in [6.07, 6.45) is 0. The summed E-state index contributed by atoms with van der Waals surface area (Å²) >= 11 is 1.46. The molecule has 0 spiro atoms. The summed E-state index contributed by atoms with van der Waals surface area (Å²) < 4.78 is 0. The highest BCUT2D eigenvalue weighted by molar-refractivity contribution is 7.12. The van der Waals surface area contributed by atoms with Gasteiger partial charge in [0.05, 0.1) is 37.6 Å². The molecule has 0 aliphatic carbocycles. The standard InChI is InChI=1S/C17H21N3OS/c1-2-19-9-11-20(12-10-19)15-7-5-14(6-8-15)18-17(21)16-4-3-13-22-16/h3-8,13H,2,9-12H2,1H3,(H,18,21)/p+1. The van der Waals surface area contributed by atoms with Crippen molar-refractivity contribution < 1.29 is 9.69 Å². The van der Waals surface area contributed by atoms with Crippen molar-refractivity contribution in [2.24, 2.45) is 0 Å². The molecule has 0 radical (unpaired) electrons. The number of nitrogens with zero attached hydrogens (tertiary/aromatic N) is 1. The topological polar surface area (TPSA) is 36.8 Å². The van der Waals surface area contributed by atoms with E-state index >= 15 is 0 Å². The Morgan fingerprint density at radius 1 is 1.23 bits per heavy atom. The van der Waals surface area contributed by atoms with Crippen molar-refractivity contribution in [3.63, 3.8) is 0 Å². The minimum absolute atomic E-state index is 0.0390. The summed E-state index contributed by atoms with van der Waals surface area (Å²) in [5, 5.41) is 4.85. The molecule has 2 N–H and O–H groups in total. The normalized spacial score (nSPS) is 15.8. The molecule has 1 aromatic carbocycles. The second-order valence-corrected chi connectivity index (χ2v) is 6.52. The van der Waals surface area contributed by atoms with Gasteiger partial charge in [0.2, 0.25) is 0 Å². The molecule has 1 fully saturated rings. The maximum atomic E-state index is 12.0. The first kappa shape index (κ1) is 15.1. The van der Waals surface area contributed by atoms with E-state index in [1.165, 1.54) is 36.7 Å². The molecule has 0 atom stereocenters. The Morgan fingerprint density at radius 3 is 2.55 bits per heavy atom. The largest absolute Gasteiger partial charge is 0.360 e. The van der Waals surface area contributed by atoms with E-state index in [0.29, 0.717) is 0 Å². The summed E-state index contributed by atoms with van der Waals surface area (Å²) in [6, 6.07) is 11.9. The van der Waals surface area contributed by atoms with E-state index in [-0.39, 0.29) is 5.91 Å². The highest BCUT2D eigenvalue weighted by atomic mass is 32.1. The number of likely N-dealkylation sites (N-methyl/N-ethyl adjacent to an activating group) is 1. The molecule has 1 aromatic heterocycles. The second-order valence-electron chi connectivity index (χ2n) is 5.57. The number of hydrogen-bond donors (Lipinski definition) is 2. The first-order valence-corrected chi connectivity index (χ1v) is 8.67.